The maximum atomic E-state index is 12.1. The summed E-state index contributed by atoms with van der Waals surface area (Å²) in [5.74, 6) is -0.693. The van der Waals surface area contributed by atoms with Gasteiger partial charge in [-0.2, -0.15) is 0 Å². The van der Waals surface area contributed by atoms with Crippen molar-refractivity contribution >= 4 is 40.0 Å². The van der Waals surface area contributed by atoms with Crippen molar-refractivity contribution in [3.8, 4) is 0 Å². The molecule has 0 atom stereocenters. The maximum absolute atomic E-state index is 12.1. The zero-order valence-corrected chi connectivity index (χ0v) is 16.1. The smallest absolute Gasteiger partial charge is 0.233 e. The van der Waals surface area contributed by atoms with Gasteiger partial charge < -0.3 is 15.6 Å². The number of H-pyrrole nitrogens is 1. The molecule has 0 radical (unpaired) electrons. The molecule has 0 saturated heterocycles. The minimum Gasteiger partial charge on any atom is -0.361 e. The zero-order chi connectivity index (χ0) is 19.4. The van der Waals surface area contributed by atoms with Crippen LogP contribution in [0.15, 0.2) is 42.6 Å². The Labute approximate surface area is 163 Å². The van der Waals surface area contributed by atoms with Crippen LogP contribution in [0.2, 0.25) is 5.02 Å². The lowest BCUT2D eigenvalue weighted by Crippen LogP contribution is -2.29. The van der Waals surface area contributed by atoms with Crippen molar-refractivity contribution in [2.75, 3.05) is 11.9 Å². The quantitative estimate of drug-likeness (QED) is 0.560. The lowest BCUT2D eigenvalue weighted by Gasteiger charge is -2.11. The number of aryl methyl sites for hydroxylation is 2. The van der Waals surface area contributed by atoms with E-state index in [1.54, 1.807) is 6.07 Å². The average Bonchev–Trinajstić information content (AvgIpc) is 3.01. The van der Waals surface area contributed by atoms with Crippen molar-refractivity contribution in [1.29, 1.82) is 0 Å². The van der Waals surface area contributed by atoms with Crippen LogP contribution in [0.3, 0.4) is 0 Å². The van der Waals surface area contributed by atoms with Crippen LogP contribution in [0.25, 0.3) is 10.9 Å². The molecular weight excluding hydrogens is 362 g/mol. The Kier molecular flexibility index (Phi) is 5.81. The topological polar surface area (TPSA) is 74.0 Å². The first-order chi connectivity index (χ1) is 12.9. The van der Waals surface area contributed by atoms with E-state index in [1.807, 2.05) is 50.4 Å². The molecule has 0 aliphatic heterocycles. The molecule has 0 fully saturated rings. The van der Waals surface area contributed by atoms with E-state index in [1.165, 1.54) is 0 Å². The molecule has 0 saturated carbocycles. The van der Waals surface area contributed by atoms with E-state index in [2.05, 4.69) is 15.6 Å². The zero-order valence-electron chi connectivity index (χ0n) is 15.4. The van der Waals surface area contributed by atoms with Gasteiger partial charge in [-0.15, -0.1) is 0 Å². The Morgan fingerprint density at radius 3 is 2.67 bits per heavy atom. The van der Waals surface area contributed by atoms with Crippen LogP contribution in [-0.4, -0.2) is 23.3 Å². The second-order valence-electron chi connectivity index (χ2n) is 6.62. The van der Waals surface area contributed by atoms with Gasteiger partial charge in [0.05, 0.1) is 10.7 Å². The van der Waals surface area contributed by atoms with Crippen LogP contribution >= 0.6 is 11.6 Å². The van der Waals surface area contributed by atoms with Crippen LogP contribution in [0.1, 0.15) is 23.1 Å². The van der Waals surface area contributed by atoms with E-state index in [-0.39, 0.29) is 18.2 Å². The van der Waals surface area contributed by atoms with Gasteiger partial charge >= 0.3 is 0 Å². The number of rotatable bonds is 6. The van der Waals surface area contributed by atoms with Gasteiger partial charge in [0, 0.05) is 23.6 Å². The number of aromatic amines is 1. The predicted molar refractivity (Wildman–Crippen MR) is 109 cm³/mol. The van der Waals surface area contributed by atoms with Gasteiger partial charge in [-0.1, -0.05) is 35.9 Å². The summed E-state index contributed by atoms with van der Waals surface area (Å²) in [5, 5.41) is 7.14. The second kappa shape index (κ2) is 8.27. The first-order valence-electron chi connectivity index (χ1n) is 8.82. The number of hydrogen-bond donors (Lipinski definition) is 3. The molecule has 0 aliphatic rings. The van der Waals surface area contributed by atoms with Crippen molar-refractivity contribution in [2.24, 2.45) is 0 Å². The van der Waals surface area contributed by atoms with Gasteiger partial charge in [0.2, 0.25) is 11.8 Å². The SMILES string of the molecule is Cc1cc(C)c(NC(=O)CC(=O)NCCc2c[nH]c3ccccc23)c(Cl)c1. The van der Waals surface area contributed by atoms with Gasteiger partial charge in [-0.05, 0) is 49.1 Å². The summed E-state index contributed by atoms with van der Waals surface area (Å²) in [6.45, 7) is 4.28. The Morgan fingerprint density at radius 2 is 1.89 bits per heavy atom. The van der Waals surface area contributed by atoms with Crippen LogP contribution in [0, 0.1) is 13.8 Å². The summed E-state index contributed by atoms with van der Waals surface area (Å²) in [7, 11) is 0. The molecule has 140 valence electrons. The molecule has 5 nitrogen and oxygen atoms in total. The fraction of sp³-hybridized carbons (Fsp3) is 0.238. The number of para-hydroxylation sites is 1. The van der Waals surface area contributed by atoms with Crippen LogP contribution in [-0.2, 0) is 16.0 Å². The average molecular weight is 384 g/mol. The molecule has 2 aromatic carbocycles. The van der Waals surface area contributed by atoms with E-state index in [0.717, 1.165) is 27.6 Å². The number of carbonyl (C=O) groups excluding carboxylic acids is 2. The van der Waals surface area contributed by atoms with E-state index in [4.69, 9.17) is 11.6 Å². The Balaban J connectivity index is 1.50. The maximum Gasteiger partial charge on any atom is 0.233 e. The first kappa shape index (κ1) is 19.0. The number of anilines is 1. The molecule has 2 amide bonds. The number of aromatic nitrogens is 1. The molecule has 6 heteroatoms. The fourth-order valence-electron chi connectivity index (χ4n) is 3.14. The third kappa shape index (κ3) is 4.68. The predicted octanol–water partition coefficient (Wildman–Crippen LogP) is 4.13. The van der Waals surface area contributed by atoms with Crippen LogP contribution < -0.4 is 10.6 Å². The number of halogens is 1. The van der Waals surface area contributed by atoms with Gasteiger partial charge in [-0.25, -0.2) is 0 Å². The van der Waals surface area contributed by atoms with Crippen LogP contribution in [0.5, 0.6) is 0 Å². The number of fused-ring (bicyclic) bond motifs is 1. The van der Waals surface area contributed by atoms with E-state index < -0.39 is 0 Å². The van der Waals surface area contributed by atoms with Crippen molar-refractivity contribution in [2.45, 2.75) is 26.7 Å². The van der Waals surface area contributed by atoms with Crippen molar-refractivity contribution < 1.29 is 9.59 Å². The lowest BCUT2D eigenvalue weighted by molar-refractivity contribution is -0.126. The molecule has 27 heavy (non-hydrogen) atoms. The number of hydrogen-bond acceptors (Lipinski definition) is 2. The van der Waals surface area contributed by atoms with Gasteiger partial charge in [0.25, 0.3) is 0 Å². The number of nitrogens with one attached hydrogen (secondary N) is 3. The Bertz CT molecular complexity index is 971. The van der Waals surface area contributed by atoms with Gasteiger partial charge in [0.15, 0.2) is 0 Å². The standard InChI is InChI=1S/C21H22ClN3O2/c1-13-9-14(2)21(17(22)10-13)25-20(27)11-19(26)23-8-7-15-12-24-18-6-4-3-5-16(15)18/h3-6,9-10,12,24H,7-8,11H2,1-2H3,(H,23,26)(H,25,27). The molecule has 0 unspecified atom stereocenters. The summed E-state index contributed by atoms with van der Waals surface area (Å²) in [4.78, 5) is 27.4. The summed E-state index contributed by atoms with van der Waals surface area (Å²) >= 11 is 6.19. The molecule has 1 aromatic heterocycles. The summed E-state index contributed by atoms with van der Waals surface area (Å²) in [5.41, 5.74) is 4.65. The molecule has 0 aliphatic carbocycles. The molecule has 3 rings (SSSR count). The highest BCUT2D eigenvalue weighted by Gasteiger charge is 2.13. The highest BCUT2D eigenvalue weighted by molar-refractivity contribution is 6.34. The molecule has 3 aromatic rings. The minimum atomic E-state index is -0.381. The number of carbonyl (C=O) groups is 2. The first-order valence-corrected chi connectivity index (χ1v) is 9.20. The van der Waals surface area contributed by atoms with Crippen LogP contribution in [0.4, 0.5) is 5.69 Å². The molecule has 1 heterocycles. The molecule has 0 bridgehead atoms. The number of benzene rings is 2. The highest BCUT2D eigenvalue weighted by atomic mass is 35.5. The summed E-state index contributed by atoms with van der Waals surface area (Å²) in [6, 6.07) is 11.7. The molecule has 0 spiro atoms. The normalized spacial score (nSPS) is 10.8. The van der Waals surface area contributed by atoms with Gasteiger partial charge in [-0.3, -0.25) is 9.59 Å². The third-order valence-electron chi connectivity index (χ3n) is 4.41. The molecular formula is C21H22ClN3O2. The number of amides is 2. The van der Waals surface area contributed by atoms with Crippen molar-refractivity contribution in [3.63, 3.8) is 0 Å². The van der Waals surface area contributed by atoms with Crippen molar-refractivity contribution in [3.05, 3.63) is 64.3 Å². The van der Waals surface area contributed by atoms with E-state index >= 15 is 0 Å². The highest BCUT2D eigenvalue weighted by Crippen LogP contribution is 2.27. The van der Waals surface area contributed by atoms with E-state index in [0.29, 0.717) is 23.7 Å². The largest absolute Gasteiger partial charge is 0.361 e. The fourth-order valence-corrected chi connectivity index (χ4v) is 3.51. The third-order valence-corrected chi connectivity index (χ3v) is 4.71. The summed E-state index contributed by atoms with van der Waals surface area (Å²) < 4.78 is 0. The van der Waals surface area contributed by atoms with Gasteiger partial charge in [0.1, 0.15) is 6.42 Å². The van der Waals surface area contributed by atoms with E-state index in [9.17, 15) is 9.59 Å². The Morgan fingerprint density at radius 1 is 1.11 bits per heavy atom. The Hall–Kier alpha value is -2.79. The second-order valence-corrected chi connectivity index (χ2v) is 7.03. The lowest BCUT2D eigenvalue weighted by atomic mass is 10.1. The monoisotopic (exact) mass is 383 g/mol. The summed E-state index contributed by atoms with van der Waals surface area (Å²) in [6.07, 6.45) is 2.41. The molecule has 3 N–H and O–H groups in total. The minimum absolute atomic E-state index is 0.239. The van der Waals surface area contributed by atoms with Crippen molar-refractivity contribution in [1.82, 2.24) is 10.3 Å².